The Hall–Kier alpha value is -2.80. The van der Waals surface area contributed by atoms with E-state index < -0.39 is 11.4 Å². The Balaban J connectivity index is 1.38. The van der Waals surface area contributed by atoms with Gasteiger partial charge in [0.15, 0.2) is 0 Å². The van der Waals surface area contributed by atoms with Crippen LogP contribution in [0.4, 0.5) is 0 Å². The zero-order valence-electron chi connectivity index (χ0n) is 19.8. The van der Waals surface area contributed by atoms with E-state index in [4.69, 9.17) is 10.1 Å². The number of nitrogens with one attached hydrogen (secondary N) is 1. The van der Waals surface area contributed by atoms with E-state index in [1.165, 1.54) is 0 Å². The minimum atomic E-state index is -0.870. The normalized spacial score (nSPS) is 24.5. The van der Waals surface area contributed by atoms with E-state index in [0.29, 0.717) is 24.4 Å². The van der Waals surface area contributed by atoms with Crippen LogP contribution in [0.25, 0.3) is 11.3 Å². The van der Waals surface area contributed by atoms with Crippen LogP contribution in [-0.4, -0.2) is 57.5 Å². The van der Waals surface area contributed by atoms with E-state index in [0.717, 1.165) is 48.7 Å². The molecule has 7 nitrogen and oxygen atoms in total. The summed E-state index contributed by atoms with van der Waals surface area (Å²) in [7, 11) is 0. The van der Waals surface area contributed by atoms with E-state index in [1.54, 1.807) is 0 Å². The Bertz CT molecular complexity index is 1010. The fraction of sp³-hybridized carbons (Fsp3) is 0.538. The molecule has 33 heavy (non-hydrogen) atoms. The highest BCUT2D eigenvalue weighted by atomic mass is 16.4. The average molecular weight is 451 g/mol. The summed E-state index contributed by atoms with van der Waals surface area (Å²) in [5.41, 5.74) is 2.65. The molecular weight excluding hydrogens is 416 g/mol. The lowest BCUT2D eigenvalue weighted by atomic mass is 9.74. The van der Waals surface area contributed by atoms with Gasteiger partial charge in [-0.25, -0.2) is 9.97 Å². The van der Waals surface area contributed by atoms with Crippen LogP contribution in [0.15, 0.2) is 36.4 Å². The van der Waals surface area contributed by atoms with Gasteiger partial charge in [0, 0.05) is 42.7 Å². The molecule has 7 heteroatoms. The van der Waals surface area contributed by atoms with Gasteiger partial charge >= 0.3 is 5.97 Å². The highest BCUT2D eigenvalue weighted by molar-refractivity contribution is 5.78. The zero-order chi connectivity index (χ0) is 23.6. The van der Waals surface area contributed by atoms with Crippen molar-refractivity contribution in [2.75, 3.05) is 19.6 Å². The summed E-state index contributed by atoms with van der Waals surface area (Å²) in [5, 5.41) is 12.1. The number of aryl methyl sites for hydroxylation is 1. The molecule has 4 unspecified atom stereocenters. The molecule has 5 rings (SSSR count). The summed E-state index contributed by atoms with van der Waals surface area (Å²) in [6.07, 6.45) is 2.39. The Morgan fingerprint density at radius 1 is 1.18 bits per heavy atom. The van der Waals surface area contributed by atoms with Gasteiger partial charge in [-0.15, -0.1) is 0 Å². The number of piperidine rings is 3. The number of carbonyl (C=O) groups is 2. The van der Waals surface area contributed by atoms with E-state index in [-0.39, 0.29) is 18.7 Å². The van der Waals surface area contributed by atoms with E-state index in [1.807, 2.05) is 39.0 Å². The number of carboxylic acid groups (broad SMARTS) is 1. The number of fused-ring (bicyclic) bond motifs is 3. The van der Waals surface area contributed by atoms with Gasteiger partial charge in [0.05, 0.1) is 12.1 Å². The second kappa shape index (κ2) is 9.59. The number of nitrogens with zero attached hydrogens (tertiary/aromatic N) is 3. The molecule has 176 valence electrons. The molecule has 2 N–H and O–H groups in total. The minimum absolute atomic E-state index is 0.0109. The van der Waals surface area contributed by atoms with E-state index in [9.17, 15) is 9.59 Å². The molecule has 3 aliphatic rings. The van der Waals surface area contributed by atoms with Crippen molar-refractivity contribution < 1.29 is 14.7 Å². The molecular formula is C26H34N4O3. The van der Waals surface area contributed by atoms with Gasteiger partial charge in [-0.3, -0.25) is 14.5 Å². The third-order valence-corrected chi connectivity index (χ3v) is 6.99. The van der Waals surface area contributed by atoms with Crippen LogP contribution in [0.3, 0.4) is 0 Å². The predicted molar refractivity (Wildman–Crippen MR) is 127 cm³/mol. The first-order valence-electron chi connectivity index (χ1n) is 11.8. The molecule has 0 radical (unpaired) electrons. The molecule has 0 spiro atoms. The first-order valence-corrected chi connectivity index (χ1v) is 11.8. The van der Waals surface area contributed by atoms with Crippen LogP contribution in [0, 0.1) is 18.3 Å². The van der Waals surface area contributed by atoms with Crippen LogP contribution >= 0.6 is 0 Å². The number of amides is 1. The number of aliphatic carboxylic acids is 1. The first kappa shape index (κ1) is 23.4. The third-order valence-electron chi connectivity index (χ3n) is 6.99. The van der Waals surface area contributed by atoms with E-state index >= 15 is 0 Å². The number of carbonyl (C=O) groups excluding carboxylic acids is 1. The van der Waals surface area contributed by atoms with Gasteiger partial charge < -0.3 is 10.4 Å². The molecule has 2 bridgehead atoms. The summed E-state index contributed by atoms with van der Waals surface area (Å²) in [6.45, 7) is 8.21. The number of hydrogen-bond donors (Lipinski definition) is 2. The summed E-state index contributed by atoms with van der Waals surface area (Å²) in [6, 6.07) is 12.7. The predicted octanol–water partition coefficient (Wildman–Crippen LogP) is 3.64. The lowest BCUT2D eigenvalue weighted by molar-refractivity contribution is -0.139. The van der Waals surface area contributed by atoms with Crippen LogP contribution < -0.4 is 5.32 Å². The van der Waals surface area contributed by atoms with Crippen molar-refractivity contribution in [1.82, 2.24) is 20.2 Å². The van der Waals surface area contributed by atoms with Crippen molar-refractivity contribution in [3.63, 3.8) is 0 Å². The highest BCUT2D eigenvalue weighted by Crippen LogP contribution is 2.41. The number of aromatic nitrogens is 2. The second-order valence-corrected chi connectivity index (χ2v) is 10.3. The Morgan fingerprint density at radius 3 is 2.61 bits per heavy atom. The second-order valence-electron chi connectivity index (χ2n) is 10.3. The number of carboxylic acids is 1. The summed E-state index contributed by atoms with van der Waals surface area (Å²) < 4.78 is 0. The lowest BCUT2D eigenvalue weighted by Gasteiger charge is -2.49. The van der Waals surface area contributed by atoms with Crippen molar-refractivity contribution in [3.05, 3.63) is 47.9 Å². The van der Waals surface area contributed by atoms with Gasteiger partial charge in [0.25, 0.3) is 0 Å². The molecule has 1 amide bonds. The van der Waals surface area contributed by atoms with Crippen molar-refractivity contribution in [1.29, 1.82) is 0 Å². The van der Waals surface area contributed by atoms with Crippen LogP contribution in [0.2, 0.25) is 0 Å². The molecule has 4 atom stereocenters. The van der Waals surface area contributed by atoms with Gasteiger partial charge in [0.1, 0.15) is 5.82 Å². The van der Waals surface area contributed by atoms with Gasteiger partial charge in [0.2, 0.25) is 5.91 Å². The molecule has 0 aliphatic carbocycles. The van der Waals surface area contributed by atoms with Crippen molar-refractivity contribution in [2.24, 2.45) is 11.3 Å². The third kappa shape index (κ3) is 5.77. The molecule has 1 aromatic heterocycles. The van der Waals surface area contributed by atoms with Crippen molar-refractivity contribution in [3.8, 4) is 11.3 Å². The molecule has 1 aromatic carbocycles. The Labute approximate surface area is 195 Å². The monoisotopic (exact) mass is 450 g/mol. The molecule has 0 saturated carbocycles. The maximum absolute atomic E-state index is 12.4. The fourth-order valence-corrected chi connectivity index (χ4v) is 5.42. The van der Waals surface area contributed by atoms with Gasteiger partial charge in [-0.2, -0.15) is 0 Å². The number of hydrogen-bond acceptors (Lipinski definition) is 5. The van der Waals surface area contributed by atoms with Crippen LogP contribution in [0.5, 0.6) is 0 Å². The summed E-state index contributed by atoms with van der Waals surface area (Å²) in [4.78, 5) is 35.4. The Morgan fingerprint density at radius 2 is 1.94 bits per heavy atom. The summed E-state index contributed by atoms with van der Waals surface area (Å²) >= 11 is 0. The zero-order valence-corrected chi connectivity index (χ0v) is 19.8. The van der Waals surface area contributed by atoms with E-state index in [2.05, 4.69) is 33.4 Å². The van der Waals surface area contributed by atoms with Gasteiger partial charge in [-0.1, -0.05) is 44.2 Å². The molecule has 4 heterocycles. The topological polar surface area (TPSA) is 95.4 Å². The largest absolute Gasteiger partial charge is 0.481 e. The SMILES string of the molecule is Cc1nc(-c2ccccc2)cc(C2CN3CCC2CC3CNC(=O)CC(C)(C)CC(=O)O)n1. The Kier molecular flexibility index (Phi) is 6.79. The van der Waals surface area contributed by atoms with Gasteiger partial charge in [-0.05, 0) is 43.7 Å². The maximum atomic E-state index is 12.4. The fourth-order valence-electron chi connectivity index (χ4n) is 5.42. The quantitative estimate of drug-likeness (QED) is 0.638. The van der Waals surface area contributed by atoms with Crippen LogP contribution in [0.1, 0.15) is 57.0 Å². The average Bonchev–Trinajstić information content (AvgIpc) is 2.77. The first-order chi connectivity index (χ1) is 15.7. The van der Waals surface area contributed by atoms with Crippen LogP contribution in [-0.2, 0) is 9.59 Å². The lowest BCUT2D eigenvalue weighted by Crippen LogP contribution is -2.56. The van der Waals surface area contributed by atoms with Crippen molar-refractivity contribution in [2.45, 2.75) is 58.4 Å². The smallest absolute Gasteiger partial charge is 0.303 e. The molecule has 2 aromatic rings. The minimum Gasteiger partial charge on any atom is -0.481 e. The highest BCUT2D eigenvalue weighted by Gasteiger charge is 2.41. The maximum Gasteiger partial charge on any atom is 0.303 e. The standard InChI is InChI=1S/C26H34N4O3/c1-17-28-22(18-7-5-4-6-8-18)12-23(29-17)21-16-30-10-9-19(21)11-20(30)15-27-24(31)13-26(2,3)14-25(32)33/h4-8,12,19-21H,9-11,13-16H2,1-3H3,(H,27,31)(H,32,33). The molecule has 3 saturated heterocycles. The molecule has 3 aliphatic heterocycles. The molecule has 3 fully saturated rings. The number of benzene rings is 1. The summed E-state index contributed by atoms with van der Waals surface area (Å²) in [5.74, 6) is 0.780. The van der Waals surface area contributed by atoms with Crippen molar-refractivity contribution >= 4 is 11.9 Å². The number of rotatable bonds is 8.